The third-order valence-electron chi connectivity index (χ3n) is 3.32. The number of carbonyl (C=O) groups excluding carboxylic acids is 1. The van der Waals surface area contributed by atoms with Crippen molar-refractivity contribution in [3.8, 4) is 5.75 Å². The highest BCUT2D eigenvalue weighted by molar-refractivity contribution is 8.03. The molecule has 1 saturated heterocycles. The van der Waals surface area contributed by atoms with E-state index in [1.54, 1.807) is 42.3 Å². The van der Waals surface area contributed by atoms with E-state index >= 15 is 0 Å². The van der Waals surface area contributed by atoms with Gasteiger partial charge in [0.25, 0.3) is 5.91 Å². The average Bonchev–Trinajstić information content (AvgIpc) is 3.16. The second-order valence-electron chi connectivity index (χ2n) is 4.81. The Labute approximate surface area is 137 Å². The van der Waals surface area contributed by atoms with Gasteiger partial charge in [0.2, 0.25) is 0 Å². The maximum Gasteiger partial charge on any atom is 0.258 e. The maximum absolute atomic E-state index is 12.7. The van der Waals surface area contributed by atoms with Gasteiger partial charge in [0.15, 0.2) is 0 Å². The predicted octanol–water partition coefficient (Wildman–Crippen LogP) is 3.65. The summed E-state index contributed by atoms with van der Waals surface area (Å²) in [5, 5.41) is 4.01. The molecule has 2 aromatic rings. The van der Waals surface area contributed by atoms with Crippen LogP contribution in [0.3, 0.4) is 0 Å². The quantitative estimate of drug-likeness (QED) is 0.860. The standard InChI is InChI=1S/C16H16N2O2S2/c1-11-17-13(10-22-11)9-15-18(7-8-21-15)16(19)12-3-5-14(20-2)6-4-12/h3-6,9-10H,7-8H2,1-2H3/b15-9+. The molecule has 3 rings (SSSR count). The van der Waals surface area contributed by atoms with Crippen LogP contribution in [0, 0.1) is 6.92 Å². The van der Waals surface area contributed by atoms with E-state index in [9.17, 15) is 4.79 Å². The number of hydrogen-bond acceptors (Lipinski definition) is 5. The molecular weight excluding hydrogens is 316 g/mol. The van der Waals surface area contributed by atoms with E-state index in [0.29, 0.717) is 5.56 Å². The fourth-order valence-electron chi connectivity index (χ4n) is 2.21. The summed E-state index contributed by atoms with van der Waals surface area (Å²) in [5.74, 6) is 1.68. The van der Waals surface area contributed by atoms with Crippen molar-refractivity contribution in [2.75, 3.05) is 19.4 Å². The van der Waals surface area contributed by atoms with Crippen LogP contribution >= 0.6 is 23.1 Å². The Balaban J connectivity index is 1.82. The molecule has 0 spiro atoms. The summed E-state index contributed by atoms with van der Waals surface area (Å²) >= 11 is 3.31. The minimum atomic E-state index is 0.0193. The van der Waals surface area contributed by atoms with Gasteiger partial charge in [-0.2, -0.15) is 0 Å². The van der Waals surface area contributed by atoms with Crippen molar-refractivity contribution in [2.24, 2.45) is 0 Å². The molecule has 1 fully saturated rings. The van der Waals surface area contributed by atoms with Gasteiger partial charge in [0.05, 0.1) is 22.8 Å². The number of thioether (sulfide) groups is 1. The van der Waals surface area contributed by atoms with E-state index in [2.05, 4.69) is 4.98 Å². The number of rotatable bonds is 3. The van der Waals surface area contributed by atoms with Gasteiger partial charge >= 0.3 is 0 Å². The minimum Gasteiger partial charge on any atom is -0.497 e. The first-order valence-corrected chi connectivity index (χ1v) is 8.76. The molecule has 1 aliphatic heterocycles. The number of thiazole rings is 1. The Morgan fingerprint density at radius 2 is 2.14 bits per heavy atom. The molecule has 1 amide bonds. The van der Waals surface area contributed by atoms with Crippen molar-refractivity contribution in [1.82, 2.24) is 9.88 Å². The van der Waals surface area contributed by atoms with Crippen LogP contribution in [0.2, 0.25) is 0 Å². The van der Waals surface area contributed by atoms with Crippen LogP contribution in [-0.4, -0.2) is 35.2 Å². The van der Waals surface area contributed by atoms with Crippen LogP contribution in [0.25, 0.3) is 6.08 Å². The van der Waals surface area contributed by atoms with E-state index < -0.39 is 0 Å². The number of hydrogen-bond donors (Lipinski definition) is 0. The predicted molar refractivity (Wildman–Crippen MR) is 91.3 cm³/mol. The highest BCUT2D eigenvalue weighted by Crippen LogP contribution is 2.31. The number of ether oxygens (including phenoxy) is 1. The third-order valence-corrected chi connectivity index (χ3v) is 5.13. The van der Waals surface area contributed by atoms with Crippen LogP contribution in [0.5, 0.6) is 5.75 Å². The molecule has 1 aromatic carbocycles. The second kappa shape index (κ2) is 6.54. The summed E-state index contributed by atoms with van der Waals surface area (Å²) in [4.78, 5) is 18.9. The van der Waals surface area contributed by atoms with Crippen LogP contribution in [0.15, 0.2) is 34.7 Å². The highest BCUT2D eigenvalue weighted by atomic mass is 32.2. The van der Waals surface area contributed by atoms with Gasteiger partial charge in [-0.1, -0.05) is 0 Å². The normalized spacial score (nSPS) is 16.3. The number of carbonyl (C=O) groups is 1. The van der Waals surface area contributed by atoms with Gasteiger partial charge in [0, 0.05) is 23.2 Å². The molecule has 0 saturated carbocycles. The first-order valence-electron chi connectivity index (χ1n) is 6.90. The third kappa shape index (κ3) is 3.18. The van der Waals surface area contributed by atoms with Crippen molar-refractivity contribution in [3.63, 3.8) is 0 Å². The van der Waals surface area contributed by atoms with Gasteiger partial charge in [-0.05, 0) is 37.3 Å². The summed E-state index contributed by atoms with van der Waals surface area (Å²) in [6.45, 7) is 2.71. The van der Waals surface area contributed by atoms with Crippen LogP contribution in [0.4, 0.5) is 0 Å². The second-order valence-corrected chi connectivity index (χ2v) is 6.99. The van der Waals surface area contributed by atoms with Crippen molar-refractivity contribution >= 4 is 35.1 Å². The number of aromatic nitrogens is 1. The molecule has 0 radical (unpaired) electrons. The van der Waals surface area contributed by atoms with Crippen LogP contribution in [0.1, 0.15) is 21.1 Å². The first kappa shape index (κ1) is 15.1. The zero-order valence-electron chi connectivity index (χ0n) is 12.4. The lowest BCUT2D eigenvalue weighted by atomic mass is 10.2. The topological polar surface area (TPSA) is 42.4 Å². The molecule has 0 unspecified atom stereocenters. The maximum atomic E-state index is 12.7. The summed E-state index contributed by atoms with van der Waals surface area (Å²) in [7, 11) is 1.62. The molecule has 0 atom stereocenters. The lowest BCUT2D eigenvalue weighted by Crippen LogP contribution is -2.26. The molecule has 0 N–H and O–H groups in total. The van der Waals surface area contributed by atoms with Crippen molar-refractivity contribution in [1.29, 1.82) is 0 Å². The Hall–Kier alpha value is -1.79. The molecule has 0 aliphatic carbocycles. The molecule has 4 nitrogen and oxygen atoms in total. The van der Waals surface area contributed by atoms with Gasteiger partial charge in [-0.3, -0.25) is 4.79 Å². The van der Waals surface area contributed by atoms with Gasteiger partial charge in [-0.25, -0.2) is 4.98 Å². The summed E-state index contributed by atoms with van der Waals surface area (Å²) in [6, 6.07) is 7.22. The minimum absolute atomic E-state index is 0.0193. The molecule has 114 valence electrons. The zero-order chi connectivity index (χ0) is 15.5. The van der Waals surface area contributed by atoms with Gasteiger partial charge < -0.3 is 9.64 Å². The van der Waals surface area contributed by atoms with Crippen molar-refractivity contribution < 1.29 is 9.53 Å². The molecule has 22 heavy (non-hydrogen) atoms. The van der Waals surface area contributed by atoms with E-state index in [1.807, 2.05) is 35.4 Å². The van der Waals surface area contributed by atoms with E-state index in [1.165, 1.54) is 0 Å². The number of aryl methyl sites for hydroxylation is 1. The fraction of sp³-hybridized carbons (Fsp3) is 0.250. The average molecular weight is 332 g/mol. The molecule has 1 aromatic heterocycles. The van der Waals surface area contributed by atoms with Gasteiger partial charge in [0.1, 0.15) is 5.75 Å². The Kier molecular flexibility index (Phi) is 4.49. The monoisotopic (exact) mass is 332 g/mol. The number of methoxy groups -OCH3 is 1. The van der Waals surface area contributed by atoms with Crippen molar-refractivity contribution in [3.05, 3.63) is 50.9 Å². The smallest absolute Gasteiger partial charge is 0.258 e. The summed E-state index contributed by atoms with van der Waals surface area (Å²) < 4.78 is 5.13. The number of benzene rings is 1. The molecule has 1 aliphatic rings. The van der Waals surface area contributed by atoms with Gasteiger partial charge in [-0.15, -0.1) is 23.1 Å². The summed E-state index contributed by atoms with van der Waals surface area (Å²) in [6.07, 6.45) is 1.99. The SMILES string of the molecule is COc1ccc(C(=O)N2CCS/C2=C/c2csc(C)n2)cc1. The Morgan fingerprint density at radius 3 is 2.77 bits per heavy atom. The van der Waals surface area contributed by atoms with E-state index in [0.717, 1.165) is 33.8 Å². The van der Waals surface area contributed by atoms with Crippen molar-refractivity contribution in [2.45, 2.75) is 6.92 Å². The zero-order valence-corrected chi connectivity index (χ0v) is 14.0. The van der Waals surface area contributed by atoms with Crippen LogP contribution < -0.4 is 4.74 Å². The first-order chi connectivity index (χ1) is 10.7. The molecule has 6 heteroatoms. The Bertz CT molecular complexity index is 707. The van der Waals surface area contributed by atoms with E-state index in [-0.39, 0.29) is 5.91 Å². The lowest BCUT2D eigenvalue weighted by molar-refractivity contribution is 0.0831. The highest BCUT2D eigenvalue weighted by Gasteiger charge is 2.25. The Morgan fingerprint density at radius 1 is 1.36 bits per heavy atom. The largest absolute Gasteiger partial charge is 0.497 e. The molecular formula is C16H16N2O2S2. The molecule has 0 bridgehead atoms. The fourth-order valence-corrected chi connectivity index (χ4v) is 3.80. The summed E-state index contributed by atoms with van der Waals surface area (Å²) in [5.41, 5.74) is 1.59. The number of nitrogens with zero attached hydrogens (tertiary/aromatic N) is 2. The molecule has 2 heterocycles. The van der Waals surface area contributed by atoms with Crippen LogP contribution in [-0.2, 0) is 0 Å². The number of amides is 1. The lowest BCUT2D eigenvalue weighted by Gasteiger charge is -2.17. The van der Waals surface area contributed by atoms with E-state index in [4.69, 9.17) is 4.74 Å².